The van der Waals surface area contributed by atoms with Crippen LogP contribution in [0.5, 0.6) is 0 Å². The van der Waals surface area contributed by atoms with Gasteiger partial charge in [-0.05, 0) is 80.0 Å². The van der Waals surface area contributed by atoms with Crippen LogP contribution in [0.25, 0.3) is 11.0 Å². The van der Waals surface area contributed by atoms with Crippen LogP contribution in [0.1, 0.15) is 63.4 Å². The van der Waals surface area contributed by atoms with Crippen LogP contribution in [-0.4, -0.2) is 44.9 Å². The molecule has 0 spiro atoms. The molecular weight excluding hydrogens is 498 g/mol. The van der Waals surface area contributed by atoms with Crippen molar-refractivity contribution in [1.29, 1.82) is 0 Å². The molecule has 1 fully saturated rings. The number of nitrogens with zero attached hydrogens (tertiary/aromatic N) is 3. The number of nitrogens with one attached hydrogen (secondary N) is 2. The number of carbonyl (C=O) groups is 2. The normalized spacial score (nSPS) is 16.3. The standard InChI is InChI=1S/C30H36ClN5O2/c1-6-8-27(37)35-16-7-9-24(35)19-36-26-15-10-21(18-32-20(2)30(3,4)5)17-25(26)33-29(36)34-28(38)22-11-13-23(31)14-12-22/h10-15,17,20,24,32H,7,9,16,18-19H2,1-5H3,(H,33,34,38)/t20-,24+/m0/s1. The van der Waals surface area contributed by atoms with E-state index in [2.05, 4.69) is 62.3 Å². The molecule has 1 aliphatic rings. The van der Waals surface area contributed by atoms with Crippen molar-refractivity contribution in [1.82, 2.24) is 19.8 Å². The number of likely N-dealkylation sites (tertiary alicyclic amines) is 1. The monoisotopic (exact) mass is 533 g/mol. The fraction of sp³-hybridized carbons (Fsp3) is 0.433. The minimum Gasteiger partial charge on any atom is -0.327 e. The number of imidazole rings is 1. The first kappa shape index (κ1) is 27.7. The van der Waals surface area contributed by atoms with E-state index in [1.165, 1.54) is 0 Å². The van der Waals surface area contributed by atoms with Gasteiger partial charge in [-0.25, -0.2) is 4.98 Å². The van der Waals surface area contributed by atoms with E-state index in [-0.39, 0.29) is 23.3 Å². The highest BCUT2D eigenvalue weighted by Gasteiger charge is 2.30. The second-order valence-electron chi connectivity index (χ2n) is 11.0. The van der Waals surface area contributed by atoms with Crippen LogP contribution in [0.2, 0.25) is 5.02 Å². The van der Waals surface area contributed by atoms with E-state index in [1.54, 1.807) is 31.2 Å². The lowest BCUT2D eigenvalue weighted by molar-refractivity contribution is -0.126. The van der Waals surface area contributed by atoms with Crippen molar-refractivity contribution < 1.29 is 9.59 Å². The predicted octanol–water partition coefficient (Wildman–Crippen LogP) is 5.48. The molecule has 0 bridgehead atoms. The summed E-state index contributed by atoms with van der Waals surface area (Å²) in [6.45, 7) is 12.4. The fourth-order valence-electron chi connectivity index (χ4n) is 4.60. The zero-order chi connectivity index (χ0) is 27.4. The molecule has 8 heteroatoms. The number of carbonyl (C=O) groups excluding carboxylic acids is 2. The van der Waals surface area contributed by atoms with Crippen molar-refractivity contribution >= 4 is 40.4 Å². The third-order valence-corrected chi connectivity index (χ3v) is 7.57. The molecule has 2 aromatic carbocycles. The Labute approximate surface area is 229 Å². The third kappa shape index (κ3) is 6.38. The molecule has 3 aromatic rings. The van der Waals surface area contributed by atoms with Crippen LogP contribution < -0.4 is 10.6 Å². The van der Waals surface area contributed by atoms with E-state index in [0.717, 1.165) is 29.4 Å². The van der Waals surface area contributed by atoms with Crippen molar-refractivity contribution in [2.24, 2.45) is 5.41 Å². The zero-order valence-electron chi connectivity index (χ0n) is 22.8. The highest BCUT2D eigenvalue weighted by Crippen LogP contribution is 2.27. The SMILES string of the molecule is CC#CC(=O)N1CCC[C@@H]1Cn1c(NC(=O)c2ccc(Cl)cc2)nc2cc(CN[C@@H](C)C(C)(C)C)ccc21. The fourth-order valence-corrected chi connectivity index (χ4v) is 4.73. The second kappa shape index (κ2) is 11.6. The van der Waals surface area contributed by atoms with Crippen LogP contribution in [-0.2, 0) is 17.9 Å². The Hall–Kier alpha value is -3.34. The number of hydrogen-bond donors (Lipinski definition) is 2. The van der Waals surface area contributed by atoms with Gasteiger partial charge in [0.15, 0.2) is 0 Å². The second-order valence-corrected chi connectivity index (χ2v) is 11.4. The van der Waals surface area contributed by atoms with Gasteiger partial charge in [0, 0.05) is 36.3 Å². The number of amides is 2. The molecule has 0 aliphatic carbocycles. The molecule has 0 unspecified atom stereocenters. The Morgan fingerprint density at radius 1 is 1.18 bits per heavy atom. The average molecular weight is 534 g/mol. The predicted molar refractivity (Wildman–Crippen MR) is 153 cm³/mol. The summed E-state index contributed by atoms with van der Waals surface area (Å²) in [5.74, 6) is 5.41. The number of hydrogen-bond acceptors (Lipinski definition) is 4. The van der Waals surface area contributed by atoms with Crippen molar-refractivity contribution in [3.63, 3.8) is 0 Å². The van der Waals surface area contributed by atoms with Crippen molar-refractivity contribution in [3.05, 3.63) is 58.6 Å². The Kier molecular flexibility index (Phi) is 8.44. The van der Waals surface area contributed by atoms with Gasteiger partial charge < -0.3 is 14.8 Å². The minimum atomic E-state index is -0.268. The molecule has 2 heterocycles. The van der Waals surface area contributed by atoms with Gasteiger partial charge in [0.05, 0.1) is 17.1 Å². The number of rotatable bonds is 7. The molecule has 2 N–H and O–H groups in total. The Morgan fingerprint density at radius 3 is 2.61 bits per heavy atom. The smallest absolute Gasteiger partial charge is 0.298 e. The number of aromatic nitrogens is 2. The molecule has 1 saturated heterocycles. The Morgan fingerprint density at radius 2 is 1.92 bits per heavy atom. The van der Waals surface area contributed by atoms with E-state index in [0.29, 0.717) is 42.2 Å². The van der Waals surface area contributed by atoms with Crippen molar-refractivity contribution in [3.8, 4) is 11.8 Å². The van der Waals surface area contributed by atoms with Crippen LogP contribution in [0, 0.1) is 17.3 Å². The Bertz CT molecular complexity index is 1380. The lowest BCUT2D eigenvalue weighted by atomic mass is 9.88. The van der Waals surface area contributed by atoms with Crippen molar-refractivity contribution in [2.75, 3.05) is 11.9 Å². The average Bonchev–Trinajstić information content (AvgIpc) is 3.47. The van der Waals surface area contributed by atoms with Crippen molar-refractivity contribution in [2.45, 2.75) is 72.6 Å². The van der Waals surface area contributed by atoms with Gasteiger partial charge in [-0.1, -0.05) is 44.4 Å². The highest BCUT2D eigenvalue weighted by molar-refractivity contribution is 6.30. The molecule has 0 saturated carbocycles. The van der Waals surface area contributed by atoms with Gasteiger partial charge in [0.1, 0.15) is 0 Å². The quantitative estimate of drug-likeness (QED) is 0.394. The van der Waals surface area contributed by atoms with Crippen LogP contribution in [0.15, 0.2) is 42.5 Å². The molecule has 0 radical (unpaired) electrons. The molecule has 2 amide bonds. The summed E-state index contributed by atoms with van der Waals surface area (Å²) < 4.78 is 2.01. The summed E-state index contributed by atoms with van der Waals surface area (Å²) in [4.78, 5) is 32.4. The van der Waals surface area contributed by atoms with E-state index >= 15 is 0 Å². The summed E-state index contributed by atoms with van der Waals surface area (Å²) in [7, 11) is 0. The van der Waals surface area contributed by atoms with Gasteiger partial charge >= 0.3 is 0 Å². The molecule has 1 aliphatic heterocycles. The van der Waals surface area contributed by atoms with Crippen LogP contribution >= 0.6 is 11.6 Å². The van der Waals surface area contributed by atoms with E-state index < -0.39 is 0 Å². The Balaban J connectivity index is 1.65. The van der Waals surface area contributed by atoms with Crippen LogP contribution in [0.3, 0.4) is 0 Å². The summed E-state index contributed by atoms with van der Waals surface area (Å²) in [6, 6.07) is 13.3. The van der Waals surface area contributed by atoms with E-state index in [4.69, 9.17) is 16.6 Å². The summed E-state index contributed by atoms with van der Waals surface area (Å²) in [6.07, 6.45) is 1.79. The maximum Gasteiger partial charge on any atom is 0.298 e. The van der Waals surface area contributed by atoms with Gasteiger partial charge in [0.2, 0.25) is 5.95 Å². The lowest BCUT2D eigenvalue weighted by Gasteiger charge is -2.28. The molecule has 7 nitrogen and oxygen atoms in total. The zero-order valence-corrected chi connectivity index (χ0v) is 23.5. The van der Waals surface area contributed by atoms with E-state index in [1.807, 2.05) is 15.5 Å². The molecule has 38 heavy (non-hydrogen) atoms. The molecular formula is C30H36ClN5O2. The minimum absolute atomic E-state index is 0.0269. The van der Waals surface area contributed by atoms with Gasteiger partial charge in [-0.3, -0.25) is 14.9 Å². The maximum atomic E-state index is 13.1. The van der Waals surface area contributed by atoms with Gasteiger partial charge in [0.25, 0.3) is 11.8 Å². The van der Waals surface area contributed by atoms with Gasteiger partial charge in [-0.2, -0.15) is 0 Å². The van der Waals surface area contributed by atoms with Gasteiger partial charge in [-0.15, -0.1) is 0 Å². The summed E-state index contributed by atoms with van der Waals surface area (Å²) >= 11 is 6.00. The molecule has 2 atom stereocenters. The molecule has 200 valence electrons. The first-order chi connectivity index (χ1) is 18.1. The summed E-state index contributed by atoms with van der Waals surface area (Å²) in [5, 5.41) is 7.16. The van der Waals surface area contributed by atoms with Crippen LogP contribution in [0.4, 0.5) is 5.95 Å². The first-order valence-corrected chi connectivity index (χ1v) is 13.5. The maximum absolute atomic E-state index is 13.1. The summed E-state index contributed by atoms with van der Waals surface area (Å²) in [5.41, 5.74) is 3.46. The molecule has 1 aromatic heterocycles. The highest BCUT2D eigenvalue weighted by atomic mass is 35.5. The number of anilines is 1. The number of fused-ring (bicyclic) bond motifs is 1. The van der Waals surface area contributed by atoms with E-state index in [9.17, 15) is 9.59 Å². The lowest BCUT2D eigenvalue weighted by Crippen LogP contribution is -2.37. The topological polar surface area (TPSA) is 79.3 Å². The number of halogens is 1. The number of benzene rings is 2. The molecule has 4 rings (SSSR count). The third-order valence-electron chi connectivity index (χ3n) is 7.32. The first-order valence-electron chi connectivity index (χ1n) is 13.1. The largest absolute Gasteiger partial charge is 0.327 e.